The smallest absolute Gasteiger partial charge is 0.264 e. The van der Waals surface area contributed by atoms with E-state index in [-0.39, 0.29) is 10.8 Å². The lowest BCUT2D eigenvalue weighted by molar-refractivity contribution is 0.0963. The standard InChI is InChI=1S/C14H12N4O3S2/c1-15-14(19)9-4-2-5-10(8-9)18-23(20,21)12-7-3-6-11-13(12)17-22-16-11/h2-8,18H,1H3,(H,15,19). The molecule has 7 nitrogen and oxygen atoms in total. The van der Waals surface area contributed by atoms with E-state index in [4.69, 9.17) is 0 Å². The number of aromatic nitrogens is 2. The van der Waals surface area contributed by atoms with Gasteiger partial charge in [-0.25, -0.2) is 8.42 Å². The van der Waals surface area contributed by atoms with Crippen LogP contribution in [-0.2, 0) is 10.0 Å². The molecule has 23 heavy (non-hydrogen) atoms. The van der Waals surface area contributed by atoms with Gasteiger partial charge in [0, 0.05) is 18.3 Å². The molecule has 0 aliphatic heterocycles. The molecule has 1 aromatic heterocycles. The Morgan fingerprint density at radius 3 is 2.70 bits per heavy atom. The Balaban J connectivity index is 1.99. The van der Waals surface area contributed by atoms with E-state index in [0.717, 1.165) is 11.7 Å². The van der Waals surface area contributed by atoms with Gasteiger partial charge in [0.1, 0.15) is 15.9 Å². The van der Waals surface area contributed by atoms with Crippen molar-refractivity contribution in [3.8, 4) is 0 Å². The summed E-state index contributed by atoms with van der Waals surface area (Å²) < 4.78 is 35.7. The number of benzene rings is 2. The first-order valence-corrected chi connectivity index (χ1v) is 8.79. The molecule has 3 rings (SSSR count). The van der Waals surface area contributed by atoms with Gasteiger partial charge in [-0.3, -0.25) is 9.52 Å². The van der Waals surface area contributed by atoms with Crippen LogP contribution in [0.2, 0.25) is 0 Å². The fourth-order valence-electron chi connectivity index (χ4n) is 2.08. The highest BCUT2D eigenvalue weighted by Gasteiger charge is 2.20. The zero-order valence-corrected chi connectivity index (χ0v) is 13.6. The van der Waals surface area contributed by atoms with Gasteiger partial charge in [-0.2, -0.15) is 8.75 Å². The Labute approximate surface area is 136 Å². The largest absolute Gasteiger partial charge is 0.355 e. The van der Waals surface area contributed by atoms with Crippen LogP contribution in [0.1, 0.15) is 10.4 Å². The second-order valence-electron chi connectivity index (χ2n) is 4.65. The summed E-state index contributed by atoms with van der Waals surface area (Å²) in [5, 5.41) is 2.49. The Hall–Kier alpha value is -2.52. The molecular weight excluding hydrogens is 336 g/mol. The van der Waals surface area contributed by atoms with Gasteiger partial charge in [-0.1, -0.05) is 12.1 Å². The molecule has 0 aliphatic carbocycles. The molecular formula is C14H12N4O3S2. The molecule has 0 bridgehead atoms. The van der Waals surface area contributed by atoms with Crippen molar-refractivity contribution < 1.29 is 13.2 Å². The van der Waals surface area contributed by atoms with E-state index in [9.17, 15) is 13.2 Å². The number of nitrogens with one attached hydrogen (secondary N) is 2. The maximum atomic E-state index is 12.6. The summed E-state index contributed by atoms with van der Waals surface area (Å²) in [6.45, 7) is 0. The lowest BCUT2D eigenvalue weighted by Crippen LogP contribution is -2.18. The molecule has 0 radical (unpaired) electrons. The molecule has 118 valence electrons. The van der Waals surface area contributed by atoms with E-state index in [0.29, 0.717) is 22.3 Å². The second kappa shape index (κ2) is 5.94. The van der Waals surface area contributed by atoms with Gasteiger partial charge in [0.2, 0.25) is 0 Å². The lowest BCUT2D eigenvalue weighted by atomic mass is 10.2. The number of carbonyl (C=O) groups is 1. The summed E-state index contributed by atoms with van der Waals surface area (Å²) >= 11 is 0.954. The van der Waals surface area contributed by atoms with Crippen molar-refractivity contribution in [3.63, 3.8) is 0 Å². The van der Waals surface area contributed by atoms with Crippen LogP contribution in [0.25, 0.3) is 11.0 Å². The van der Waals surface area contributed by atoms with Crippen molar-refractivity contribution in [2.24, 2.45) is 0 Å². The Morgan fingerprint density at radius 1 is 1.13 bits per heavy atom. The molecule has 2 aromatic carbocycles. The highest BCUT2D eigenvalue weighted by molar-refractivity contribution is 7.93. The van der Waals surface area contributed by atoms with E-state index in [1.807, 2.05) is 0 Å². The van der Waals surface area contributed by atoms with Gasteiger partial charge in [-0.05, 0) is 30.3 Å². The van der Waals surface area contributed by atoms with Crippen LogP contribution in [0.15, 0.2) is 47.4 Å². The molecule has 0 atom stereocenters. The maximum absolute atomic E-state index is 12.6. The molecule has 2 N–H and O–H groups in total. The number of carbonyl (C=O) groups excluding carboxylic acids is 1. The van der Waals surface area contributed by atoms with E-state index in [1.54, 1.807) is 30.3 Å². The third kappa shape index (κ3) is 3.01. The quantitative estimate of drug-likeness (QED) is 0.749. The fourth-order valence-corrected chi connectivity index (χ4v) is 3.89. The first-order chi connectivity index (χ1) is 11.0. The number of rotatable bonds is 4. The molecule has 3 aromatic rings. The third-order valence-electron chi connectivity index (χ3n) is 3.14. The van der Waals surface area contributed by atoms with Gasteiger partial charge < -0.3 is 5.32 Å². The molecule has 9 heteroatoms. The van der Waals surface area contributed by atoms with Crippen molar-refractivity contribution in [1.29, 1.82) is 0 Å². The zero-order valence-electron chi connectivity index (χ0n) is 12.0. The van der Waals surface area contributed by atoms with Crippen LogP contribution in [0.5, 0.6) is 0 Å². The number of nitrogens with zero attached hydrogens (tertiary/aromatic N) is 2. The van der Waals surface area contributed by atoms with E-state index >= 15 is 0 Å². The van der Waals surface area contributed by atoms with Gasteiger partial charge in [0.15, 0.2) is 0 Å². The van der Waals surface area contributed by atoms with Gasteiger partial charge in [0.25, 0.3) is 15.9 Å². The van der Waals surface area contributed by atoms with Crippen molar-refractivity contribution in [2.45, 2.75) is 4.90 Å². The average Bonchev–Trinajstić information content (AvgIpc) is 3.02. The first-order valence-electron chi connectivity index (χ1n) is 6.57. The predicted molar refractivity (Wildman–Crippen MR) is 88.1 cm³/mol. The molecule has 1 amide bonds. The van der Waals surface area contributed by atoms with Crippen LogP contribution < -0.4 is 10.0 Å². The van der Waals surface area contributed by atoms with Gasteiger partial charge >= 0.3 is 0 Å². The number of sulfonamides is 1. The number of fused-ring (bicyclic) bond motifs is 1. The minimum absolute atomic E-state index is 0.0501. The maximum Gasteiger partial charge on any atom is 0.264 e. The molecule has 0 saturated carbocycles. The summed E-state index contributed by atoms with van der Waals surface area (Å²) in [5.41, 5.74) is 1.51. The Kier molecular flexibility index (Phi) is 3.97. The van der Waals surface area contributed by atoms with E-state index in [1.165, 1.54) is 19.2 Å². The Bertz CT molecular complexity index is 982. The molecule has 0 unspecified atom stereocenters. The summed E-state index contributed by atoms with van der Waals surface area (Å²) in [6, 6.07) is 11.0. The first kappa shape index (κ1) is 15.4. The minimum Gasteiger partial charge on any atom is -0.355 e. The number of amides is 1. The monoisotopic (exact) mass is 348 g/mol. The van der Waals surface area contributed by atoms with Crippen LogP contribution in [-0.4, -0.2) is 30.1 Å². The van der Waals surface area contributed by atoms with Crippen molar-refractivity contribution >= 4 is 44.4 Å². The summed E-state index contributed by atoms with van der Waals surface area (Å²) in [6.07, 6.45) is 0. The second-order valence-corrected chi connectivity index (χ2v) is 6.83. The predicted octanol–water partition coefficient (Wildman–Crippen LogP) is 1.85. The molecule has 0 fully saturated rings. The summed E-state index contributed by atoms with van der Waals surface area (Å²) in [7, 11) is -2.33. The molecule has 0 saturated heterocycles. The molecule has 1 heterocycles. The van der Waals surface area contributed by atoms with Crippen LogP contribution in [0.3, 0.4) is 0 Å². The van der Waals surface area contributed by atoms with E-state index < -0.39 is 10.0 Å². The van der Waals surface area contributed by atoms with E-state index in [2.05, 4.69) is 18.8 Å². The summed E-state index contributed by atoms with van der Waals surface area (Å²) in [4.78, 5) is 11.7. The van der Waals surface area contributed by atoms with Crippen molar-refractivity contribution in [1.82, 2.24) is 14.1 Å². The minimum atomic E-state index is -3.84. The molecule has 0 aliphatic rings. The number of hydrogen-bond acceptors (Lipinski definition) is 6. The highest BCUT2D eigenvalue weighted by Crippen LogP contribution is 2.23. The number of anilines is 1. The highest BCUT2D eigenvalue weighted by atomic mass is 32.2. The normalized spacial score (nSPS) is 11.3. The van der Waals surface area contributed by atoms with Crippen LogP contribution >= 0.6 is 11.7 Å². The fraction of sp³-hybridized carbons (Fsp3) is 0.0714. The SMILES string of the molecule is CNC(=O)c1cccc(NS(=O)(=O)c2cccc3nsnc23)c1. The van der Waals surface area contributed by atoms with Gasteiger partial charge in [0.05, 0.1) is 11.7 Å². The van der Waals surface area contributed by atoms with Crippen molar-refractivity contribution in [2.75, 3.05) is 11.8 Å². The molecule has 0 spiro atoms. The average molecular weight is 348 g/mol. The topological polar surface area (TPSA) is 101 Å². The lowest BCUT2D eigenvalue weighted by Gasteiger charge is -2.09. The Morgan fingerprint density at radius 2 is 1.91 bits per heavy atom. The van der Waals surface area contributed by atoms with Gasteiger partial charge in [-0.15, -0.1) is 0 Å². The number of hydrogen-bond donors (Lipinski definition) is 2. The van der Waals surface area contributed by atoms with Crippen LogP contribution in [0.4, 0.5) is 5.69 Å². The van der Waals surface area contributed by atoms with Crippen LogP contribution in [0, 0.1) is 0 Å². The summed E-state index contributed by atoms with van der Waals surface area (Å²) in [5.74, 6) is -0.295. The third-order valence-corrected chi connectivity index (χ3v) is 5.10. The van der Waals surface area contributed by atoms with Crippen molar-refractivity contribution in [3.05, 3.63) is 48.0 Å². The zero-order chi connectivity index (χ0) is 16.4.